The summed E-state index contributed by atoms with van der Waals surface area (Å²) in [6.07, 6.45) is 0.954. The lowest BCUT2D eigenvalue weighted by Gasteiger charge is -2.26. The Balaban J connectivity index is 0. The highest BCUT2D eigenvalue weighted by Gasteiger charge is 2.24. The summed E-state index contributed by atoms with van der Waals surface area (Å²) in [4.78, 5) is 34.5. The van der Waals surface area contributed by atoms with Gasteiger partial charge >= 0.3 is 0 Å². The molecule has 1 aromatic carbocycles. The molecule has 0 unspecified atom stereocenters. The van der Waals surface area contributed by atoms with Gasteiger partial charge in [0, 0.05) is 14.1 Å². The van der Waals surface area contributed by atoms with Crippen molar-refractivity contribution in [1.29, 1.82) is 0 Å². The Morgan fingerprint density at radius 1 is 1.11 bits per heavy atom. The van der Waals surface area contributed by atoms with Crippen LogP contribution in [-0.2, 0) is 9.59 Å². The highest BCUT2D eigenvalue weighted by atomic mass is 16.2. The van der Waals surface area contributed by atoms with Gasteiger partial charge in [-0.2, -0.15) is 0 Å². The number of likely N-dealkylation sites (N-methyl/N-ethyl adjacent to an activating group) is 2. The maximum Gasteiger partial charge on any atom is 0.286 e. The number of amides is 2. The quantitative estimate of drug-likeness (QED) is 0.513. The first-order valence-electron chi connectivity index (χ1n) is 8.99. The number of hydrogen-bond acceptors (Lipinski definition) is 5. The number of amidine groups is 1. The zero-order chi connectivity index (χ0) is 22.3. The van der Waals surface area contributed by atoms with Crippen LogP contribution in [-0.4, -0.2) is 68.5 Å². The van der Waals surface area contributed by atoms with E-state index in [9.17, 15) is 9.59 Å². The largest absolute Gasteiger partial charge is 0.390 e. The molecule has 0 aliphatic carbocycles. The van der Waals surface area contributed by atoms with Gasteiger partial charge < -0.3 is 22.1 Å². The molecule has 1 aromatic rings. The second kappa shape index (κ2) is 15.3. The fraction of sp³-hybridized carbons (Fsp3) is 0.474. The van der Waals surface area contributed by atoms with Crippen LogP contribution in [0.25, 0.3) is 0 Å². The minimum absolute atomic E-state index is 0.0307. The van der Waals surface area contributed by atoms with Crippen LogP contribution in [0.15, 0.2) is 34.3 Å². The van der Waals surface area contributed by atoms with Gasteiger partial charge in [-0.1, -0.05) is 32.9 Å². The molecule has 28 heavy (non-hydrogen) atoms. The summed E-state index contributed by atoms with van der Waals surface area (Å²) >= 11 is 0. The van der Waals surface area contributed by atoms with Crippen LogP contribution in [0.3, 0.4) is 0 Å². The van der Waals surface area contributed by atoms with Gasteiger partial charge in [0.2, 0.25) is 11.7 Å². The zero-order valence-electron chi connectivity index (χ0n) is 18.0. The van der Waals surface area contributed by atoms with Crippen LogP contribution in [0.1, 0.15) is 32.4 Å². The maximum absolute atomic E-state index is 12.3. The van der Waals surface area contributed by atoms with Gasteiger partial charge in [-0.15, -0.1) is 0 Å². The molecule has 9 nitrogen and oxygen atoms in total. The van der Waals surface area contributed by atoms with Crippen LogP contribution in [0.2, 0.25) is 0 Å². The number of carbonyl (C=O) groups is 2. The van der Waals surface area contributed by atoms with Crippen molar-refractivity contribution >= 4 is 29.7 Å². The first kappa shape index (κ1) is 27.4. The third kappa shape index (κ3) is 9.79. The van der Waals surface area contributed by atoms with E-state index in [4.69, 9.17) is 17.2 Å². The van der Waals surface area contributed by atoms with Gasteiger partial charge in [0.25, 0.3) is 5.91 Å². The first-order chi connectivity index (χ1) is 13.2. The molecule has 0 saturated carbocycles. The number of rotatable bonds is 4. The summed E-state index contributed by atoms with van der Waals surface area (Å²) in [5, 5.41) is 0. The number of benzene rings is 1. The van der Waals surface area contributed by atoms with Gasteiger partial charge in [0.15, 0.2) is 0 Å². The number of primary amides is 1. The lowest BCUT2D eigenvalue weighted by atomic mass is 10.0. The Bertz CT molecular complexity index is 638. The molecular formula is C19H35N7O2. The highest BCUT2D eigenvalue weighted by Crippen LogP contribution is 2.23. The summed E-state index contributed by atoms with van der Waals surface area (Å²) < 4.78 is 0. The average Bonchev–Trinajstić information content (AvgIpc) is 2.64. The third-order valence-corrected chi connectivity index (χ3v) is 3.05. The van der Waals surface area contributed by atoms with Crippen molar-refractivity contribution in [2.45, 2.75) is 26.8 Å². The minimum atomic E-state index is -0.773. The van der Waals surface area contributed by atoms with Crippen molar-refractivity contribution < 1.29 is 9.59 Å². The molecular weight excluding hydrogens is 358 g/mol. The lowest BCUT2D eigenvalue weighted by molar-refractivity contribution is -0.133. The standard InChI is InChI=1S/C15H22N6O2.C2H7N.C2H6/c1-20(2)12(15(23)21(3)4)10-5-7-11(8-6-10)19-14(13(17)22)18-9-16;1-2-3;1-2/h5-9,12H,1-4H3,(H2,17,22)(H2,16,18,19);2-3H2,1H3;1-2H3/t12-;;/m0../s1. The Hall–Kier alpha value is -2.78. The van der Waals surface area contributed by atoms with Gasteiger partial charge in [-0.25, -0.2) is 9.98 Å². The molecule has 6 N–H and O–H groups in total. The molecule has 2 amide bonds. The second-order valence-electron chi connectivity index (χ2n) is 5.68. The Labute approximate surface area is 168 Å². The minimum Gasteiger partial charge on any atom is -0.390 e. The molecule has 1 rings (SSSR count). The number of aliphatic imine (C=N–C) groups is 2. The molecule has 9 heteroatoms. The third-order valence-electron chi connectivity index (χ3n) is 3.05. The average molecular weight is 394 g/mol. The highest BCUT2D eigenvalue weighted by molar-refractivity contribution is 6.39. The molecule has 0 spiro atoms. The molecule has 0 radical (unpaired) electrons. The van der Waals surface area contributed by atoms with Crippen molar-refractivity contribution in [2.24, 2.45) is 27.2 Å². The van der Waals surface area contributed by atoms with Crippen LogP contribution < -0.4 is 17.2 Å². The number of nitrogens with two attached hydrogens (primary N) is 3. The van der Waals surface area contributed by atoms with E-state index in [1.54, 1.807) is 38.4 Å². The van der Waals surface area contributed by atoms with Crippen molar-refractivity contribution in [1.82, 2.24) is 9.80 Å². The molecule has 0 saturated heterocycles. The normalized spacial score (nSPS) is 11.8. The molecule has 0 fully saturated rings. The van der Waals surface area contributed by atoms with E-state index in [0.717, 1.165) is 18.4 Å². The van der Waals surface area contributed by atoms with E-state index in [-0.39, 0.29) is 11.7 Å². The summed E-state index contributed by atoms with van der Waals surface area (Å²) in [5.74, 6) is -0.990. The van der Waals surface area contributed by atoms with E-state index < -0.39 is 11.9 Å². The monoisotopic (exact) mass is 393 g/mol. The number of hydrogen-bond donors (Lipinski definition) is 3. The smallest absolute Gasteiger partial charge is 0.286 e. The van der Waals surface area contributed by atoms with E-state index >= 15 is 0 Å². The second-order valence-corrected chi connectivity index (χ2v) is 5.68. The molecule has 0 heterocycles. The molecule has 0 bridgehead atoms. The summed E-state index contributed by atoms with van der Waals surface area (Å²) in [7, 11) is 7.08. The van der Waals surface area contributed by atoms with Crippen LogP contribution >= 0.6 is 0 Å². The van der Waals surface area contributed by atoms with Crippen molar-refractivity contribution in [2.75, 3.05) is 34.7 Å². The zero-order valence-corrected chi connectivity index (χ0v) is 18.0. The topological polar surface area (TPSA) is 143 Å². The first-order valence-corrected chi connectivity index (χ1v) is 8.99. The summed E-state index contributed by atoms with van der Waals surface area (Å²) in [6.45, 7) is 6.65. The SMILES string of the molecule is CC.CCN.CN(C)C(=O)[C@H](c1ccc(N=C(N=CN)C(N)=O)cc1)N(C)C. The molecule has 0 aliphatic rings. The molecule has 0 aromatic heterocycles. The summed E-state index contributed by atoms with van der Waals surface area (Å²) in [6, 6.07) is 6.51. The fourth-order valence-corrected chi connectivity index (χ4v) is 1.98. The van der Waals surface area contributed by atoms with Crippen molar-refractivity contribution in [3.63, 3.8) is 0 Å². The van der Waals surface area contributed by atoms with Crippen LogP contribution in [0.4, 0.5) is 5.69 Å². The van der Waals surface area contributed by atoms with Crippen LogP contribution in [0.5, 0.6) is 0 Å². The van der Waals surface area contributed by atoms with E-state index in [1.165, 1.54) is 4.90 Å². The summed E-state index contributed by atoms with van der Waals surface area (Å²) in [5.41, 5.74) is 16.5. The van der Waals surface area contributed by atoms with Gasteiger partial charge in [0.05, 0.1) is 12.0 Å². The predicted molar refractivity (Wildman–Crippen MR) is 117 cm³/mol. The Morgan fingerprint density at radius 2 is 1.57 bits per heavy atom. The van der Waals surface area contributed by atoms with Gasteiger partial charge in [-0.05, 0) is 38.3 Å². The number of nitrogens with zero attached hydrogens (tertiary/aromatic N) is 4. The van der Waals surface area contributed by atoms with E-state index in [2.05, 4.69) is 9.98 Å². The van der Waals surface area contributed by atoms with Gasteiger partial charge in [-0.3, -0.25) is 14.5 Å². The van der Waals surface area contributed by atoms with Crippen molar-refractivity contribution in [3.05, 3.63) is 29.8 Å². The van der Waals surface area contributed by atoms with Crippen LogP contribution in [0, 0.1) is 0 Å². The van der Waals surface area contributed by atoms with E-state index in [0.29, 0.717) is 5.69 Å². The number of carbonyl (C=O) groups excluding carboxylic acids is 2. The fourth-order valence-electron chi connectivity index (χ4n) is 1.98. The maximum atomic E-state index is 12.3. The lowest BCUT2D eigenvalue weighted by Crippen LogP contribution is -2.36. The van der Waals surface area contributed by atoms with Gasteiger partial charge in [0.1, 0.15) is 6.04 Å². The van der Waals surface area contributed by atoms with Crippen molar-refractivity contribution in [3.8, 4) is 0 Å². The van der Waals surface area contributed by atoms with E-state index in [1.807, 2.05) is 39.8 Å². The molecule has 158 valence electrons. The Morgan fingerprint density at radius 3 is 1.89 bits per heavy atom. The predicted octanol–water partition coefficient (Wildman–Crippen LogP) is 0.871. The molecule has 1 atom stereocenters. The molecule has 0 aliphatic heterocycles. The Kier molecular flexibility index (Phi) is 15.0.